The van der Waals surface area contributed by atoms with Gasteiger partial charge < -0.3 is 10.3 Å². The molecule has 0 unspecified atom stereocenters. The minimum Gasteiger partial charge on any atom is -0.363 e. The van der Waals surface area contributed by atoms with Crippen LogP contribution in [0, 0.1) is 3.57 Å². The van der Waals surface area contributed by atoms with Crippen LogP contribution in [-0.2, 0) is 13.0 Å². The normalized spacial score (nSPS) is 10.3. The maximum Gasteiger partial charge on any atom is 0.266 e. The molecule has 5 nitrogen and oxygen atoms in total. The van der Waals surface area contributed by atoms with Crippen LogP contribution in [0.2, 0.25) is 0 Å². The molecule has 18 heavy (non-hydrogen) atoms. The summed E-state index contributed by atoms with van der Waals surface area (Å²) in [6.45, 7) is 2.66. The van der Waals surface area contributed by atoms with Crippen LogP contribution in [0.1, 0.15) is 18.2 Å². The van der Waals surface area contributed by atoms with Crippen molar-refractivity contribution in [1.29, 1.82) is 0 Å². The number of aromatic nitrogens is 3. The van der Waals surface area contributed by atoms with E-state index < -0.39 is 0 Å². The van der Waals surface area contributed by atoms with Crippen LogP contribution < -0.4 is 10.9 Å². The number of nitrogens with zero attached hydrogens (tertiary/aromatic N) is 2. The van der Waals surface area contributed by atoms with Gasteiger partial charge in [0.1, 0.15) is 9.39 Å². The molecule has 2 N–H and O–H groups in total. The lowest BCUT2D eigenvalue weighted by Crippen LogP contribution is -2.15. The van der Waals surface area contributed by atoms with Crippen molar-refractivity contribution < 1.29 is 0 Å². The van der Waals surface area contributed by atoms with E-state index in [1.807, 2.05) is 28.7 Å². The van der Waals surface area contributed by atoms with Crippen molar-refractivity contribution in [2.75, 3.05) is 5.32 Å². The molecule has 0 spiro atoms. The van der Waals surface area contributed by atoms with Gasteiger partial charge >= 0.3 is 0 Å². The quantitative estimate of drug-likeness (QED) is 0.822. The molecule has 0 aliphatic carbocycles. The molecule has 0 aliphatic rings. The summed E-state index contributed by atoms with van der Waals surface area (Å²) in [5.74, 6) is 0.590. The Labute approximate surface area is 118 Å². The number of aryl methyl sites for hydroxylation is 1. The van der Waals surface area contributed by atoms with Crippen molar-refractivity contribution in [2.24, 2.45) is 0 Å². The number of halogens is 1. The second kappa shape index (κ2) is 5.94. The van der Waals surface area contributed by atoms with Gasteiger partial charge in [0, 0.05) is 6.20 Å². The van der Waals surface area contributed by atoms with Crippen LogP contribution in [-0.4, -0.2) is 15.0 Å². The topological polar surface area (TPSA) is 70.7 Å². The van der Waals surface area contributed by atoms with E-state index in [0.29, 0.717) is 15.9 Å². The molecule has 0 saturated heterocycles. The summed E-state index contributed by atoms with van der Waals surface area (Å²) in [5, 5.41) is 3.14. The third kappa shape index (κ3) is 2.87. The average Bonchev–Trinajstić information content (AvgIpc) is 2.41. The molecule has 0 saturated carbocycles. The summed E-state index contributed by atoms with van der Waals surface area (Å²) < 4.78 is 0.559. The highest BCUT2D eigenvalue weighted by molar-refractivity contribution is 14.1. The summed E-state index contributed by atoms with van der Waals surface area (Å²) in [6.07, 6.45) is 4.10. The summed E-state index contributed by atoms with van der Waals surface area (Å²) in [7, 11) is 0. The molecule has 2 aromatic rings. The summed E-state index contributed by atoms with van der Waals surface area (Å²) >= 11 is 1.98. The van der Waals surface area contributed by atoms with Gasteiger partial charge in [-0.1, -0.05) is 13.0 Å². The summed E-state index contributed by atoms with van der Waals surface area (Å²) in [5.41, 5.74) is 2.05. The molecular weight excluding hydrogens is 343 g/mol. The molecule has 6 heteroatoms. The van der Waals surface area contributed by atoms with E-state index in [9.17, 15) is 4.79 Å². The third-order valence-electron chi connectivity index (χ3n) is 2.59. The number of hydrogen-bond donors (Lipinski definition) is 2. The summed E-state index contributed by atoms with van der Waals surface area (Å²) in [4.78, 5) is 22.4. The molecule has 0 atom stereocenters. The molecule has 2 rings (SSSR count). The SMILES string of the molecule is CCc1cccnc1CNc1nc[nH]c(=O)c1I. The minimum atomic E-state index is -0.134. The van der Waals surface area contributed by atoms with Crippen LogP contribution in [0.3, 0.4) is 0 Å². The average molecular weight is 356 g/mol. The molecule has 0 amide bonds. The van der Waals surface area contributed by atoms with E-state index in [4.69, 9.17) is 0 Å². The Morgan fingerprint density at radius 3 is 3.06 bits per heavy atom. The zero-order valence-electron chi connectivity index (χ0n) is 9.90. The van der Waals surface area contributed by atoms with Crippen LogP contribution in [0.4, 0.5) is 5.82 Å². The molecular formula is C12H13IN4O. The fourth-order valence-electron chi connectivity index (χ4n) is 1.63. The number of hydrogen-bond acceptors (Lipinski definition) is 4. The monoisotopic (exact) mass is 356 g/mol. The maximum atomic E-state index is 11.4. The Kier molecular flexibility index (Phi) is 4.29. The van der Waals surface area contributed by atoms with E-state index in [1.54, 1.807) is 6.20 Å². The molecule has 0 bridgehead atoms. The lowest BCUT2D eigenvalue weighted by Gasteiger charge is -2.09. The van der Waals surface area contributed by atoms with Crippen molar-refractivity contribution in [1.82, 2.24) is 15.0 Å². The van der Waals surface area contributed by atoms with Gasteiger partial charge in [0.05, 0.1) is 18.6 Å². The number of nitrogens with one attached hydrogen (secondary N) is 2. The van der Waals surface area contributed by atoms with Crippen LogP contribution >= 0.6 is 22.6 Å². The van der Waals surface area contributed by atoms with Gasteiger partial charge in [-0.25, -0.2) is 4.98 Å². The van der Waals surface area contributed by atoms with Gasteiger partial charge in [0.2, 0.25) is 0 Å². The van der Waals surface area contributed by atoms with Crippen molar-refractivity contribution in [3.8, 4) is 0 Å². The number of aromatic amines is 1. The van der Waals surface area contributed by atoms with E-state index in [-0.39, 0.29) is 5.56 Å². The number of rotatable bonds is 4. The zero-order valence-corrected chi connectivity index (χ0v) is 12.1. The van der Waals surface area contributed by atoms with E-state index >= 15 is 0 Å². The van der Waals surface area contributed by atoms with Crippen LogP contribution in [0.25, 0.3) is 0 Å². The van der Waals surface area contributed by atoms with Crippen molar-refractivity contribution in [3.63, 3.8) is 0 Å². The second-order valence-corrected chi connectivity index (χ2v) is 4.79. The largest absolute Gasteiger partial charge is 0.363 e. The number of H-pyrrole nitrogens is 1. The molecule has 0 aliphatic heterocycles. The Balaban J connectivity index is 2.16. The van der Waals surface area contributed by atoms with Gasteiger partial charge in [-0.3, -0.25) is 9.78 Å². The lowest BCUT2D eigenvalue weighted by molar-refractivity contribution is 0.955. The molecule has 0 radical (unpaired) electrons. The molecule has 2 aromatic heterocycles. The first kappa shape index (κ1) is 13.0. The Morgan fingerprint density at radius 1 is 1.44 bits per heavy atom. The smallest absolute Gasteiger partial charge is 0.266 e. The Hall–Kier alpha value is -1.44. The van der Waals surface area contributed by atoms with E-state index in [0.717, 1.165) is 12.1 Å². The predicted molar refractivity (Wildman–Crippen MR) is 78.5 cm³/mol. The fourth-order valence-corrected chi connectivity index (χ4v) is 2.11. The highest BCUT2D eigenvalue weighted by Crippen LogP contribution is 2.12. The van der Waals surface area contributed by atoms with E-state index in [1.165, 1.54) is 11.9 Å². The first-order chi connectivity index (χ1) is 8.72. The van der Waals surface area contributed by atoms with Gasteiger partial charge in [0.25, 0.3) is 5.56 Å². The third-order valence-corrected chi connectivity index (χ3v) is 3.59. The molecule has 0 aromatic carbocycles. The maximum absolute atomic E-state index is 11.4. The highest BCUT2D eigenvalue weighted by Gasteiger charge is 2.06. The Morgan fingerprint density at radius 2 is 2.28 bits per heavy atom. The minimum absolute atomic E-state index is 0.134. The van der Waals surface area contributed by atoms with Crippen molar-refractivity contribution in [2.45, 2.75) is 19.9 Å². The standard InChI is InChI=1S/C12H13IN4O/c1-2-8-4-3-5-14-9(8)6-15-11-10(13)12(18)17-7-16-11/h3-5,7H,2,6H2,1H3,(H2,15,16,17,18). The predicted octanol–water partition coefficient (Wildman–Crippen LogP) is 1.94. The number of anilines is 1. The van der Waals surface area contributed by atoms with E-state index in [2.05, 4.69) is 33.3 Å². The van der Waals surface area contributed by atoms with Gasteiger partial charge in [-0.15, -0.1) is 0 Å². The van der Waals surface area contributed by atoms with Crippen molar-refractivity contribution in [3.05, 3.63) is 49.8 Å². The lowest BCUT2D eigenvalue weighted by atomic mass is 10.1. The zero-order chi connectivity index (χ0) is 13.0. The van der Waals surface area contributed by atoms with Gasteiger partial charge in [-0.05, 0) is 40.6 Å². The molecule has 0 fully saturated rings. The summed E-state index contributed by atoms with van der Waals surface area (Å²) in [6, 6.07) is 3.98. The highest BCUT2D eigenvalue weighted by atomic mass is 127. The van der Waals surface area contributed by atoms with Gasteiger partial charge in [-0.2, -0.15) is 0 Å². The first-order valence-electron chi connectivity index (χ1n) is 5.62. The van der Waals surface area contributed by atoms with Crippen LogP contribution in [0.15, 0.2) is 29.5 Å². The van der Waals surface area contributed by atoms with Crippen molar-refractivity contribution >= 4 is 28.4 Å². The molecule has 2 heterocycles. The second-order valence-electron chi connectivity index (χ2n) is 3.71. The Bertz CT molecular complexity index is 597. The fraction of sp³-hybridized carbons (Fsp3) is 0.250. The number of pyridine rings is 1. The van der Waals surface area contributed by atoms with Gasteiger partial charge in [0.15, 0.2) is 0 Å². The molecule has 94 valence electrons. The van der Waals surface area contributed by atoms with Crippen LogP contribution in [0.5, 0.6) is 0 Å². The first-order valence-corrected chi connectivity index (χ1v) is 6.70.